The van der Waals surface area contributed by atoms with Crippen molar-refractivity contribution in [2.75, 3.05) is 6.54 Å². The lowest BCUT2D eigenvalue weighted by molar-refractivity contribution is 0.177. The van der Waals surface area contributed by atoms with Gasteiger partial charge in [-0.3, -0.25) is 4.98 Å². The molecule has 0 radical (unpaired) electrons. The molecular formula is C18H22N2O. The molecule has 2 unspecified atom stereocenters. The monoisotopic (exact) mass is 282 g/mol. The molecule has 0 saturated heterocycles. The summed E-state index contributed by atoms with van der Waals surface area (Å²) in [7, 11) is 0. The second-order valence-corrected chi connectivity index (χ2v) is 5.59. The number of hydrogen-bond donors (Lipinski definition) is 1. The van der Waals surface area contributed by atoms with Gasteiger partial charge in [0.2, 0.25) is 0 Å². The Bertz CT molecular complexity index is 545. The average molecular weight is 282 g/mol. The Morgan fingerprint density at radius 3 is 2.95 bits per heavy atom. The topological polar surface area (TPSA) is 34.2 Å². The summed E-state index contributed by atoms with van der Waals surface area (Å²) >= 11 is 0. The van der Waals surface area contributed by atoms with Crippen LogP contribution in [0.2, 0.25) is 0 Å². The third-order valence-electron chi connectivity index (χ3n) is 3.96. The molecule has 0 amide bonds. The molecule has 1 aliphatic rings. The molecule has 110 valence electrons. The van der Waals surface area contributed by atoms with Crippen LogP contribution in [-0.2, 0) is 12.8 Å². The van der Waals surface area contributed by atoms with Crippen molar-refractivity contribution in [1.82, 2.24) is 10.3 Å². The van der Waals surface area contributed by atoms with E-state index in [4.69, 9.17) is 4.74 Å². The summed E-state index contributed by atoms with van der Waals surface area (Å²) in [4.78, 5) is 4.22. The minimum Gasteiger partial charge on any atom is -0.488 e. The molecule has 1 aliphatic heterocycles. The number of para-hydroxylation sites is 1. The maximum Gasteiger partial charge on any atom is 0.123 e. The van der Waals surface area contributed by atoms with E-state index in [-0.39, 0.29) is 6.10 Å². The summed E-state index contributed by atoms with van der Waals surface area (Å²) in [5, 5.41) is 3.64. The highest BCUT2D eigenvalue weighted by Gasteiger charge is 2.29. The third kappa shape index (κ3) is 3.42. The summed E-state index contributed by atoms with van der Waals surface area (Å²) in [5.74, 6) is 1.04. The van der Waals surface area contributed by atoms with Crippen LogP contribution in [0.3, 0.4) is 0 Å². The van der Waals surface area contributed by atoms with E-state index in [0.717, 1.165) is 31.6 Å². The Morgan fingerprint density at radius 1 is 1.29 bits per heavy atom. The van der Waals surface area contributed by atoms with Crippen LogP contribution in [0.5, 0.6) is 5.75 Å². The fourth-order valence-electron chi connectivity index (χ4n) is 2.87. The molecule has 3 nitrogen and oxygen atoms in total. The summed E-state index contributed by atoms with van der Waals surface area (Å²) in [5.41, 5.74) is 2.57. The SMILES string of the molecule is CCCNC(Cc1cccnc1)C1Cc2ccccc2O1. The molecule has 2 heterocycles. The number of ether oxygens (including phenoxy) is 1. The van der Waals surface area contributed by atoms with Crippen LogP contribution in [0.1, 0.15) is 24.5 Å². The Balaban J connectivity index is 1.71. The summed E-state index contributed by atoms with van der Waals surface area (Å²) in [6.45, 7) is 3.21. The molecular weight excluding hydrogens is 260 g/mol. The molecule has 2 atom stereocenters. The number of fused-ring (bicyclic) bond motifs is 1. The second-order valence-electron chi connectivity index (χ2n) is 5.59. The molecule has 1 aromatic carbocycles. The van der Waals surface area contributed by atoms with Crippen LogP contribution in [0, 0.1) is 0 Å². The lowest BCUT2D eigenvalue weighted by Gasteiger charge is -2.24. The van der Waals surface area contributed by atoms with Gasteiger partial charge in [-0.15, -0.1) is 0 Å². The van der Waals surface area contributed by atoms with E-state index < -0.39 is 0 Å². The molecule has 0 fully saturated rings. The Kier molecular flexibility index (Phi) is 4.51. The lowest BCUT2D eigenvalue weighted by Crippen LogP contribution is -2.44. The molecule has 21 heavy (non-hydrogen) atoms. The summed E-state index contributed by atoms with van der Waals surface area (Å²) in [6, 6.07) is 12.8. The van der Waals surface area contributed by atoms with E-state index in [1.54, 1.807) is 0 Å². The van der Waals surface area contributed by atoms with Crippen molar-refractivity contribution in [1.29, 1.82) is 0 Å². The Labute approximate surface area is 126 Å². The third-order valence-corrected chi connectivity index (χ3v) is 3.96. The largest absolute Gasteiger partial charge is 0.488 e. The number of rotatable bonds is 6. The molecule has 3 heteroatoms. The normalized spacial score (nSPS) is 18.0. The number of aromatic nitrogens is 1. The lowest BCUT2D eigenvalue weighted by atomic mass is 9.98. The van der Waals surface area contributed by atoms with E-state index in [1.807, 2.05) is 24.5 Å². The van der Waals surface area contributed by atoms with Gasteiger partial charge in [0.25, 0.3) is 0 Å². The summed E-state index contributed by atoms with van der Waals surface area (Å²) in [6.07, 6.45) is 7.03. The van der Waals surface area contributed by atoms with Crippen LogP contribution >= 0.6 is 0 Å². The molecule has 1 aromatic heterocycles. The quantitative estimate of drug-likeness (QED) is 0.884. The predicted octanol–water partition coefficient (Wildman–Crippen LogP) is 3.00. The van der Waals surface area contributed by atoms with E-state index >= 15 is 0 Å². The zero-order chi connectivity index (χ0) is 14.5. The van der Waals surface area contributed by atoms with Gasteiger partial charge in [0, 0.05) is 24.9 Å². The Hall–Kier alpha value is -1.87. The fourth-order valence-corrected chi connectivity index (χ4v) is 2.87. The first kappa shape index (κ1) is 14.1. The minimum atomic E-state index is 0.203. The van der Waals surface area contributed by atoms with E-state index in [0.29, 0.717) is 6.04 Å². The second kappa shape index (κ2) is 6.72. The molecule has 0 bridgehead atoms. The molecule has 3 rings (SSSR count). The van der Waals surface area contributed by atoms with Gasteiger partial charge in [0.1, 0.15) is 11.9 Å². The van der Waals surface area contributed by atoms with Crippen molar-refractivity contribution in [3.63, 3.8) is 0 Å². The average Bonchev–Trinajstić information content (AvgIpc) is 2.96. The van der Waals surface area contributed by atoms with Gasteiger partial charge in [-0.2, -0.15) is 0 Å². The standard InChI is InChI=1S/C18H22N2O/c1-2-9-20-16(11-14-6-5-10-19-13-14)18-12-15-7-3-4-8-17(15)21-18/h3-8,10,13,16,18,20H,2,9,11-12H2,1H3. The van der Waals surface area contributed by atoms with Crippen LogP contribution in [-0.4, -0.2) is 23.7 Å². The summed E-state index contributed by atoms with van der Waals surface area (Å²) < 4.78 is 6.16. The molecule has 0 spiro atoms. The Morgan fingerprint density at radius 2 is 2.19 bits per heavy atom. The smallest absolute Gasteiger partial charge is 0.123 e. The zero-order valence-corrected chi connectivity index (χ0v) is 12.5. The highest BCUT2D eigenvalue weighted by molar-refractivity contribution is 5.37. The molecule has 0 aliphatic carbocycles. The van der Waals surface area contributed by atoms with E-state index in [1.165, 1.54) is 11.1 Å². The van der Waals surface area contributed by atoms with Crippen molar-refractivity contribution in [3.8, 4) is 5.75 Å². The number of hydrogen-bond acceptors (Lipinski definition) is 3. The van der Waals surface area contributed by atoms with Gasteiger partial charge in [-0.1, -0.05) is 31.2 Å². The highest BCUT2D eigenvalue weighted by Crippen LogP contribution is 2.30. The number of pyridine rings is 1. The fraction of sp³-hybridized carbons (Fsp3) is 0.389. The van der Waals surface area contributed by atoms with Crippen molar-refractivity contribution >= 4 is 0 Å². The van der Waals surface area contributed by atoms with E-state index in [2.05, 4.69) is 41.5 Å². The van der Waals surface area contributed by atoms with Gasteiger partial charge >= 0.3 is 0 Å². The maximum atomic E-state index is 6.16. The number of nitrogens with zero attached hydrogens (tertiary/aromatic N) is 1. The molecule has 1 N–H and O–H groups in total. The minimum absolute atomic E-state index is 0.203. The number of benzene rings is 1. The number of nitrogens with one attached hydrogen (secondary N) is 1. The van der Waals surface area contributed by atoms with Gasteiger partial charge in [0.05, 0.1) is 0 Å². The predicted molar refractivity (Wildman–Crippen MR) is 84.6 cm³/mol. The maximum absolute atomic E-state index is 6.16. The van der Waals surface area contributed by atoms with Crippen LogP contribution < -0.4 is 10.1 Å². The molecule has 0 saturated carbocycles. The zero-order valence-electron chi connectivity index (χ0n) is 12.5. The molecule has 2 aromatic rings. The van der Waals surface area contributed by atoms with Gasteiger partial charge < -0.3 is 10.1 Å². The van der Waals surface area contributed by atoms with Crippen molar-refractivity contribution in [2.45, 2.75) is 38.3 Å². The first-order valence-electron chi connectivity index (χ1n) is 7.73. The van der Waals surface area contributed by atoms with Crippen molar-refractivity contribution in [2.24, 2.45) is 0 Å². The first-order chi connectivity index (χ1) is 10.4. The van der Waals surface area contributed by atoms with Crippen molar-refractivity contribution in [3.05, 3.63) is 59.9 Å². The van der Waals surface area contributed by atoms with Crippen LogP contribution in [0.25, 0.3) is 0 Å². The highest BCUT2D eigenvalue weighted by atomic mass is 16.5. The van der Waals surface area contributed by atoms with Gasteiger partial charge in [-0.25, -0.2) is 0 Å². The van der Waals surface area contributed by atoms with Crippen molar-refractivity contribution < 1.29 is 4.74 Å². The van der Waals surface area contributed by atoms with Crippen LogP contribution in [0.15, 0.2) is 48.8 Å². The van der Waals surface area contributed by atoms with Gasteiger partial charge in [0.15, 0.2) is 0 Å². The van der Waals surface area contributed by atoms with Crippen LogP contribution in [0.4, 0.5) is 0 Å². The van der Waals surface area contributed by atoms with Gasteiger partial charge in [-0.05, 0) is 42.6 Å². The first-order valence-corrected chi connectivity index (χ1v) is 7.73. The van der Waals surface area contributed by atoms with E-state index in [9.17, 15) is 0 Å².